The number of hydrogen-bond acceptors (Lipinski definition) is 5. The van der Waals surface area contributed by atoms with Crippen LogP contribution in [0.4, 0.5) is 5.82 Å². The molecule has 1 aromatic heterocycles. The van der Waals surface area contributed by atoms with Gasteiger partial charge in [0.05, 0.1) is 24.7 Å². The molecule has 5 heteroatoms. The third-order valence-electron chi connectivity index (χ3n) is 2.24. The number of rotatable bonds is 4. The Balaban J connectivity index is 2.04. The van der Waals surface area contributed by atoms with E-state index < -0.39 is 0 Å². The number of nitrogen functional groups attached to an aromatic ring is 1. The van der Waals surface area contributed by atoms with Crippen LogP contribution in [0.25, 0.3) is 0 Å². The first kappa shape index (κ1) is 11.3. The molecule has 0 bridgehead atoms. The molecule has 0 aliphatic heterocycles. The maximum absolute atomic E-state index is 9.13. The Morgan fingerprint density at radius 1 is 1.18 bits per heavy atom. The molecule has 2 rings (SSSR count). The molecular weight excluding hydrogens is 218 g/mol. The molecule has 2 aromatic rings. The van der Waals surface area contributed by atoms with Crippen LogP contribution in [0, 0.1) is 0 Å². The molecular formula is C12H13N3O2. The highest BCUT2D eigenvalue weighted by Gasteiger charge is 2.02. The summed E-state index contributed by atoms with van der Waals surface area (Å²) in [6.07, 6.45) is 3.05. The Kier molecular flexibility index (Phi) is 3.52. The van der Waals surface area contributed by atoms with E-state index in [0.717, 1.165) is 5.56 Å². The maximum Gasteiger partial charge on any atom is 0.141 e. The molecule has 0 saturated carbocycles. The van der Waals surface area contributed by atoms with Gasteiger partial charge in [-0.25, -0.2) is 4.98 Å². The highest BCUT2D eigenvalue weighted by molar-refractivity contribution is 5.32. The van der Waals surface area contributed by atoms with Gasteiger partial charge in [-0.1, -0.05) is 18.2 Å². The lowest BCUT2D eigenvalue weighted by molar-refractivity contribution is 0.257. The van der Waals surface area contributed by atoms with Crippen LogP contribution in [0.15, 0.2) is 36.7 Å². The second-order valence-corrected chi connectivity index (χ2v) is 3.49. The summed E-state index contributed by atoms with van der Waals surface area (Å²) in [5.41, 5.74) is 6.87. The normalized spacial score (nSPS) is 10.2. The van der Waals surface area contributed by atoms with Gasteiger partial charge in [0.1, 0.15) is 18.2 Å². The fourth-order valence-electron chi connectivity index (χ4n) is 1.37. The predicted octanol–water partition coefficient (Wildman–Crippen LogP) is 1.13. The number of hydrogen-bond donors (Lipinski definition) is 2. The van der Waals surface area contributed by atoms with Gasteiger partial charge in [0.25, 0.3) is 0 Å². The molecule has 0 amide bonds. The third-order valence-corrected chi connectivity index (χ3v) is 2.24. The quantitative estimate of drug-likeness (QED) is 0.824. The molecule has 3 N–H and O–H groups in total. The second-order valence-electron chi connectivity index (χ2n) is 3.49. The number of para-hydroxylation sites is 1. The molecule has 0 aliphatic carbocycles. The molecule has 0 spiro atoms. The molecule has 5 nitrogen and oxygen atoms in total. The van der Waals surface area contributed by atoms with E-state index in [1.165, 1.54) is 6.20 Å². The zero-order valence-electron chi connectivity index (χ0n) is 9.21. The molecule has 88 valence electrons. The molecule has 0 unspecified atom stereocenters. The number of ether oxygens (including phenoxy) is 1. The van der Waals surface area contributed by atoms with Gasteiger partial charge >= 0.3 is 0 Å². The van der Waals surface area contributed by atoms with Crippen LogP contribution in [0.5, 0.6) is 5.75 Å². The number of aliphatic hydroxyl groups is 1. The van der Waals surface area contributed by atoms with Crippen molar-refractivity contribution in [3.8, 4) is 5.75 Å². The lowest BCUT2D eigenvalue weighted by Gasteiger charge is -2.09. The SMILES string of the molecule is Nc1cnc(COc2ccccc2CO)cn1. The van der Waals surface area contributed by atoms with Crippen molar-refractivity contribution >= 4 is 5.82 Å². The van der Waals surface area contributed by atoms with E-state index >= 15 is 0 Å². The van der Waals surface area contributed by atoms with E-state index in [9.17, 15) is 0 Å². The summed E-state index contributed by atoms with van der Waals surface area (Å²) in [7, 11) is 0. The van der Waals surface area contributed by atoms with Crippen LogP contribution in [-0.2, 0) is 13.2 Å². The van der Waals surface area contributed by atoms with Gasteiger partial charge in [-0.3, -0.25) is 4.98 Å². The number of benzene rings is 1. The average molecular weight is 231 g/mol. The van der Waals surface area contributed by atoms with Crippen LogP contribution >= 0.6 is 0 Å². The molecule has 0 saturated heterocycles. The number of aromatic nitrogens is 2. The number of aliphatic hydroxyl groups excluding tert-OH is 1. The maximum atomic E-state index is 9.13. The van der Waals surface area contributed by atoms with E-state index in [-0.39, 0.29) is 6.61 Å². The summed E-state index contributed by atoms with van der Waals surface area (Å²) >= 11 is 0. The van der Waals surface area contributed by atoms with Crippen molar-refractivity contribution < 1.29 is 9.84 Å². The highest BCUT2D eigenvalue weighted by atomic mass is 16.5. The number of anilines is 1. The summed E-state index contributed by atoms with van der Waals surface area (Å²) in [5, 5.41) is 9.13. The molecule has 0 radical (unpaired) electrons. The average Bonchev–Trinajstić information content (AvgIpc) is 2.38. The second kappa shape index (κ2) is 5.27. The van der Waals surface area contributed by atoms with Gasteiger partial charge < -0.3 is 15.6 Å². The largest absolute Gasteiger partial charge is 0.487 e. The lowest BCUT2D eigenvalue weighted by atomic mass is 10.2. The Morgan fingerprint density at radius 2 is 2.00 bits per heavy atom. The topological polar surface area (TPSA) is 81.3 Å². The summed E-state index contributed by atoms with van der Waals surface area (Å²) in [6.45, 7) is 0.244. The van der Waals surface area contributed by atoms with Crippen molar-refractivity contribution in [2.75, 3.05) is 5.73 Å². The van der Waals surface area contributed by atoms with Gasteiger partial charge in [-0.05, 0) is 6.07 Å². The van der Waals surface area contributed by atoms with Crippen LogP contribution in [0.1, 0.15) is 11.3 Å². The van der Waals surface area contributed by atoms with E-state index in [1.807, 2.05) is 18.2 Å². The van der Waals surface area contributed by atoms with E-state index in [0.29, 0.717) is 23.9 Å². The summed E-state index contributed by atoms with van der Waals surface area (Å²) in [5.74, 6) is 1.03. The fraction of sp³-hybridized carbons (Fsp3) is 0.167. The van der Waals surface area contributed by atoms with E-state index in [2.05, 4.69) is 9.97 Å². The minimum atomic E-state index is -0.0520. The Hall–Kier alpha value is -2.14. The predicted molar refractivity (Wildman–Crippen MR) is 63.1 cm³/mol. The highest BCUT2D eigenvalue weighted by Crippen LogP contribution is 2.18. The summed E-state index contributed by atoms with van der Waals surface area (Å²) < 4.78 is 5.55. The van der Waals surface area contributed by atoms with Gasteiger partial charge in [0.2, 0.25) is 0 Å². The van der Waals surface area contributed by atoms with Crippen LogP contribution < -0.4 is 10.5 Å². The van der Waals surface area contributed by atoms with Gasteiger partial charge in [0.15, 0.2) is 0 Å². The van der Waals surface area contributed by atoms with Crippen LogP contribution in [0.2, 0.25) is 0 Å². The monoisotopic (exact) mass is 231 g/mol. The lowest BCUT2D eigenvalue weighted by Crippen LogP contribution is -2.02. The number of nitrogens with two attached hydrogens (primary N) is 1. The summed E-state index contributed by atoms with van der Waals surface area (Å²) in [4.78, 5) is 7.99. The Bertz CT molecular complexity index is 485. The fourth-order valence-corrected chi connectivity index (χ4v) is 1.37. The smallest absolute Gasteiger partial charge is 0.141 e. The summed E-state index contributed by atoms with van der Waals surface area (Å²) in [6, 6.07) is 7.31. The van der Waals surface area contributed by atoms with Gasteiger partial charge in [-0.2, -0.15) is 0 Å². The number of nitrogens with zero attached hydrogens (tertiary/aromatic N) is 2. The zero-order chi connectivity index (χ0) is 12.1. The first-order chi connectivity index (χ1) is 8.29. The minimum Gasteiger partial charge on any atom is -0.487 e. The first-order valence-corrected chi connectivity index (χ1v) is 5.17. The van der Waals surface area contributed by atoms with Gasteiger partial charge in [0, 0.05) is 5.56 Å². The van der Waals surface area contributed by atoms with Crippen LogP contribution in [0.3, 0.4) is 0 Å². The minimum absolute atomic E-state index is 0.0520. The Morgan fingerprint density at radius 3 is 2.71 bits per heavy atom. The van der Waals surface area contributed by atoms with Crippen molar-refractivity contribution in [3.63, 3.8) is 0 Å². The van der Waals surface area contributed by atoms with Crippen molar-refractivity contribution in [2.45, 2.75) is 13.2 Å². The first-order valence-electron chi connectivity index (χ1n) is 5.17. The molecule has 0 atom stereocenters. The van der Waals surface area contributed by atoms with Crippen molar-refractivity contribution in [2.24, 2.45) is 0 Å². The van der Waals surface area contributed by atoms with Crippen molar-refractivity contribution in [1.29, 1.82) is 0 Å². The molecule has 0 fully saturated rings. The third kappa shape index (κ3) is 2.92. The van der Waals surface area contributed by atoms with Gasteiger partial charge in [-0.15, -0.1) is 0 Å². The standard InChI is InChI=1S/C12H13N3O2/c13-12-6-14-10(5-15-12)8-17-11-4-2-1-3-9(11)7-16/h1-6,16H,7-8H2,(H2,13,15). The van der Waals surface area contributed by atoms with E-state index in [4.69, 9.17) is 15.6 Å². The molecule has 17 heavy (non-hydrogen) atoms. The Labute approximate surface area is 98.9 Å². The molecule has 0 aliphatic rings. The van der Waals surface area contributed by atoms with Crippen LogP contribution in [-0.4, -0.2) is 15.1 Å². The molecule has 1 heterocycles. The van der Waals surface area contributed by atoms with E-state index in [1.54, 1.807) is 12.3 Å². The zero-order valence-corrected chi connectivity index (χ0v) is 9.21. The molecule has 1 aromatic carbocycles. The van der Waals surface area contributed by atoms with Crippen molar-refractivity contribution in [1.82, 2.24) is 9.97 Å². The van der Waals surface area contributed by atoms with Crippen molar-refractivity contribution in [3.05, 3.63) is 47.9 Å².